The van der Waals surface area contributed by atoms with Crippen LogP contribution in [0.3, 0.4) is 0 Å². The molecular weight excluding hydrogens is 409 g/mol. The number of rotatable bonds is 8. The molecule has 1 aliphatic heterocycles. The van der Waals surface area contributed by atoms with E-state index in [9.17, 15) is 9.18 Å². The minimum absolute atomic E-state index is 0.271. The van der Waals surface area contributed by atoms with E-state index >= 15 is 0 Å². The van der Waals surface area contributed by atoms with E-state index in [1.807, 2.05) is 25.1 Å². The van der Waals surface area contributed by atoms with E-state index in [1.54, 1.807) is 18.2 Å². The third-order valence-electron chi connectivity index (χ3n) is 4.18. The fourth-order valence-corrected chi connectivity index (χ4v) is 4.08. The first kappa shape index (κ1) is 21.3. The second kappa shape index (κ2) is 9.89. The highest BCUT2D eigenvalue weighted by atomic mass is 32.2. The largest absolute Gasteiger partial charge is 0.490 e. The first-order chi connectivity index (χ1) is 14.0. The Morgan fingerprint density at radius 2 is 1.97 bits per heavy atom. The van der Waals surface area contributed by atoms with Gasteiger partial charge in [-0.15, -0.1) is 0 Å². The van der Waals surface area contributed by atoms with E-state index in [0.717, 1.165) is 18.4 Å². The molecule has 1 saturated heterocycles. The first-order valence-corrected chi connectivity index (χ1v) is 10.7. The normalized spacial score (nSPS) is 15.3. The number of hydrogen-bond acceptors (Lipinski definition) is 5. The van der Waals surface area contributed by atoms with Gasteiger partial charge in [-0.3, -0.25) is 9.69 Å². The molecule has 3 rings (SSSR count). The van der Waals surface area contributed by atoms with Crippen LogP contribution in [0.1, 0.15) is 32.3 Å². The zero-order chi connectivity index (χ0) is 20.8. The first-order valence-electron chi connectivity index (χ1n) is 9.46. The van der Waals surface area contributed by atoms with Gasteiger partial charge in [-0.05, 0) is 55.3 Å². The minimum Gasteiger partial charge on any atom is -0.490 e. The highest BCUT2D eigenvalue weighted by Gasteiger charge is 2.33. The number of hydrogen-bond donors (Lipinski definition) is 0. The lowest BCUT2D eigenvalue weighted by Gasteiger charge is -2.14. The molecule has 0 aromatic heterocycles. The number of carbonyl (C=O) groups excluding carboxylic acids is 1. The van der Waals surface area contributed by atoms with Crippen molar-refractivity contribution in [2.75, 3.05) is 18.1 Å². The quantitative estimate of drug-likeness (QED) is 0.300. The van der Waals surface area contributed by atoms with Crippen molar-refractivity contribution in [1.29, 1.82) is 0 Å². The molecular formula is C22H22FNO3S2. The lowest BCUT2D eigenvalue weighted by molar-refractivity contribution is -0.113. The van der Waals surface area contributed by atoms with Gasteiger partial charge in [0.25, 0.3) is 5.91 Å². The molecule has 0 bridgehead atoms. The Labute approximate surface area is 179 Å². The molecule has 2 aromatic carbocycles. The molecule has 4 nitrogen and oxygen atoms in total. The van der Waals surface area contributed by atoms with Gasteiger partial charge in [0.05, 0.1) is 23.8 Å². The zero-order valence-corrected chi connectivity index (χ0v) is 17.9. The molecule has 0 atom stereocenters. The van der Waals surface area contributed by atoms with E-state index in [-0.39, 0.29) is 5.91 Å². The van der Waals surface area contributed by atoms with Crippen LogP contribution in [0.5, 0.6) is 11.5 Å². The monoisotopic (exact) mass is 431 g/mol. The average molecular weight is 432 g/mol. The van der Waals surface area contributed by atoms with E-state index in [1.165, 1.54) is 28.8 Å². The SMILES string of the molecule is CCCCOc1ccc(/C=C2/SC(=S)N(c3cccc(F)c3)C2=O)cc1OCC. The maximum Gasteiger partial charge on any atom is 0.270 e. The summed E-state index contributed by atoms with van der Waals surface area (Å²) in [5.74, 6) is 0.634. The predicted molar refractivity (Wildman–Crippen MR) is 120 cm³/mol. The molecule has 152 valence electrons. The Morgan fingerprint density at radius 3 is 2.69 bits per heavy atom. The molecule has 0 unspecified atom stereocenters. The van der Waals surface area contributed by atoms with Crippen molar-refractivity contribution < 1.29 is 18.7 Å². The number of nitrogens with zero attached hydrogens (tertiary/aromatic N) is 1. The Hall–Kier alpha value is -2.38. The third-order valence-corrected chi connectivity index (χ3v) is 5.48. The number of unbranched alkanes of at least 4 members (excludes halogenated alkanes) is 1. The van der Waals surface area contributed by atoms with Crippen molar-refractivity contribution in [3.8, 4) is 11.5 Å². The van der Waals surface area contributed by atoms with Crippen LogP contribution >= 0.6 is 24.0 Å². The minimum atomic E-state index is -0.416. The number of carbonyl (C=O) groups is 1. The number of amides is 1. The fourth-order valence-electron chi connectivity index (χ4n) is 2.79. The third kappa shape index (κ3) is 5.16. The van der Waals surface area contributed by atoms with Gasteiger partial charge in [-0.2, -0.15) is 0 Å². The predicted octanol–water partition coefficient (Wildman–Crippen LogP) is 5.81. The topological polar surface area (TPSA) is 38.8 Å². The maximum atomic E-state index is 13.6. The lowest BCUT2D eigenvalue weighted by atomic mass is 10.1. The smallest absolute Gasteiger partial charge is 0.270 e. The number of thiocarbonyl (C=S) groups is 1. The summed E-state index contributed by atoms with van der Waals surface area (Å²) in [6.45, 7) is 5.15. The van der Waals surface area contributed by atoms with Crippen molar-refractivity contribution in [3.05, 3.63) is 58.8 Å². The van der Waals surface area contributed by atoms with Crippen LogP contribution in [0.4, 0.5) is 10.1 Å². The highest BCUT2D eigenvalue weighted by molar-refractivity contribution is 8.27. The number of benzene rings is 2. The van der Waals surface area contributed by atoms with Crippen molar-refractivity contribution in [2.24, 2.45) is 0 Å². The van der Waals surface area contributed by atoms with Crippen molar-refractivity contribution in [3.63, 3.8) is 0 Å². The summed E-state index contributed by atoms with van der Waals surface area (Å²) in [6, 6.07) is 11.4. The number of ether oxygens (including phenoxy) is 2. The van der Waals surface area contributed by atoms with Crippen molar-refractivity contribution in [2.45, 2.75) is 26.7 Å². The summed E-state index contributed by atoms with van der Waals surface area (Å²) in [6.07, 6.45) is 3.78. The van der Waals surface area contributed by atoms with Gasteiger partial charge < -0.3 is 9.47 Å². The molecule has 1 heterocycles. The lowest BCUT2D eigenvalue weighted by Crippen LogP contribution is -2.27. The summed E-state index contributed by atoms with van der Waals surface area (Å²) in [5.41, 5.74) is 1.22. The molecule has 1 aliphatic rings. The molecule has 0 aliphatic carbocycles. The number of anilines is 1. The fraction of sp³-hybridized carbons (Fsp3) is 0.273. The van der Waals surface area contributed by atoms with Crippen LogP contribution in [0, 0.1) is 5.82 Å². The average Bonchev–Trinajstić information content (AvgIpc) is 2.97. The Kier molecular flexibility index (Phi) is 7.28. The van der Waals surface area contributed by atoms with E-state index in [0.29, 0.717) is 39.6 Å². The molecule has 7 heteroatoms. The van der Waals surface area contributed by atoms with Crippen molar-refractivity contribution >= 4 is 46.0 Å². The van der Waals surface area contributed by atoms with E-state index in [4.69, 9.17) is 21.7 Å². The summed E-state index contributed by atoms with van der Waals surface area (Å²) < 4.78 is 25.4. The number of thioether (sulfide) groups is 1. The van der Waals surface area contributed by atoms with Gasteiger partial charge in [0, 0.05) is 0 Å². The van der Waals surface area contributed by atoms with Gasteiger partial charge in [0.2, 0.25) is 0 Å². The molecule has 1 fully saturated rings. The van der Waals surface area contributed by atoms with Crippen LogP contribution in [-0.4, -0.2) is 23.4 Å². The molecule has 0 spiro atoms. The van der Waals surface area contributed by atoms with Gasteiger partial charge in [-0.1, -0.05) is 49.5 Å². The summed E-state index contributed by atoms with van der Waals surface area (Å²) >= 11 is 6.54. The van der Waals surface area contributed by atoms with Crippen LogP contribution in [-0.2, 0) is 4.79 Å². The maximum absolute atomic E-state index is 13.6. The van der Waals surface area contributed by atoms with Crippen LogP contribution in [0.15, 0.2) is 47.4 Å². The Bertz CT molecular complexity index is 945. The van der Waals surface area contributed by atoms with Crippen molar-refractivity contribution in [1.82, 2.24) is 0 Å². The summed E-state index contributed by atoms with van der Waals surface area (Å²) in [4.78, 5) is 14.7. The molecule has 29 heavy (non-hydrogen) atoms. The Morgan fingerprint density at radius 1 is 1.14 bits per heavy atom. The molecule has 0 saturated carbocycles. The summed E-state index contributed by atoms with van der Waals surface area (Å²) in [7, 11) is 0. The summed E-state index contributed by atoms with van der Waals surface area (Å²) in [5, 5.41) is 0. The van der Waals surface area contributed by atoms with Gasteiger partial charge >= 0.3 is 0 Å². The van der Waals surface area contributed by atoms with Crippen LogP contribution in [0.25, 0.3) is 6.08 Å². The second-order valence-corrected chi connectivity index (χ2v) is 8.01. The molecule has 0 radical (unpaired) electrons. The standard InChI is InChI=1S/C22H22FNO3S2/c1-3-5-11-27-18-10-9-15(12-19(18)26-4-2)13-20-21(25)24(22(28)29-20)17-8-6-7-16(23)14-17/h6-10,12-14H,3-5,11H2,1-2H3/b20-13+. The van der Waals surface area contributed by atoms with Crippen LogP contribution < -0.4 is 14.4 Å². The Balaban J connectivity index is 1.84. The number of halogens is 1. The van der Waals surface area contributed by atoms with E-state index in [2.05, 4.69) is 6.92 Å². The van der Waals surface area contributed by atoms with Gasteiger partial charge in [-0.25, -0.2) is 4.39 Å². The molecule has 2 aromatic rings. The van der Waals surface area contributed by atoms with Gasteiger partial charge in [0.1, 0.15) is 5.82 Å². The zero-order valence-electron chi connectivity index (χ0n) is 16.3. The van der Waals surface area contributed by atoms with Crippen LogP contribution in [0.2, 0.25) is 0 Å². The molecule has 1 amide bonds. The van der Waals surface area contributed by atoms with Gasteiger partial charge in [0.15, 0.2) is 15.8 Å². The van der Waals surface area contributed by atoms with E-state index < -0.39 is 5.82 Å². The second-order valence-electron chi connectivity index (χ2n) is 6.34. The highest BCUT2D eigenvalue weighted by Crippen LogP contribution is 2.37. The molecule has 0 N–H and O–H groups in total.